The number of aliphatic hydroxyl groups is 1. The Kier molecular flexibility index (Phi) is 3.21. The van der Waals surface area contributed by atoms with Crippen molar-refractivity contribution in [3.8, 4) is 0 Å². The van der Waals surface area contributed by atoms with Gasteiger partial charge in [-0.25, -0.2) is 4.68 Å². The van der Waals surface area contributed by atoms with Gasteiger partial charge < -0.3 is 10.0 Å². The molecule has 1 unspecified atom stereocenters. The van der Waals surface area contributed by atoms with E-state index in [1.807, 2.05) is 0 Å². The Bertz CT molecular complexity index is 550. The molecule has 18 heavy (non-hydrogen) atoms. The van der Waals surface area contributed by atoms with Crippen molar-refractivity contribution in [2.75, 3.05) is 13.1 Å². The summed E-state index contributed by atoms with van der Waals surface area (Å²) in [6, 6.07) is 0. The molecule has 0 aromatic carbocycles. The van der Waals surface area contributed by atoms with Crippen molar-refractivity contribution >= 4 is 5.91 Å². The Balaban J connectivity index is 2.45. The van der Waals surface area contributed by atoms with E-state index in [2.05, 4.69) is 5.10 Å². The smallest absolute Gasteiger partial charge is 0.279 e. The molecule has 2 heterocycles. The van der Waals surface area contributed by atoms with Gasteiger partial charge in [0.05, 0.1) is 11.8 Å². The number of amides is 1. The zero-order chi connectivity index (χ0) is 13.4. The van der Waals surface area contributed by atoms with E-state index in [0.29, 0.717) is 30.8 Å². The van der Waals surface area contributed by atoms with Crippen molar-refractivity contribution in [1.82, 2.24) is 14.7 Å². The molecule has 6 nitrogen and oxygen atoms in total. The van der Waals surface area contributed by atoms with Crippen LogP contribution in [0.15, 0.2) is 4.79 Å². The highest BCUT2D eigenvalue weighted by Gasteiger charge is 2.29. The molecule has 1 aromatic heterocycles. The lowest BCUT2D eigenvalue weighted by molar-refractivity contribution is 0.0761. The number of aromatic nitrogens is 2. The third kappa shape index (κ3) is 2.03. The molecule has 1 atom stereocenters. The van der Waals surface area contributed by atoms with Gasteiger partial charge in [-0.15, -0.1) is 0 Å². The number of hydrogen-bond donors (Lipinski definition) is 1. The summed E-state index contributed by atoms with van der Waals surface area (Å²) in [5, 5.41) is 13.5. The van der Waals surface area contributed by atoms with E-state index in [9.17, 15) is 14.7 Å². The Morgan fingerprint density at radius 1 is 1.44 bits per heavy atom. The maximum absolute atomic E-state index is 12.3. The van der Waals surface area contributed by atoms with E-state index >= 15 is 0 Å². The first-order chi connectivity index (χ1) is 8.41. The summed E-state index contributed by atoms with van der Waals surface area (Å²) in [7, 11) is 1.53. The van der Waals surface area contributed by atoms with E-state index in [0.717, 1.165) is 0 Å². The van der Waals surface area contributed by atoms with Gasteiger partial charge in [-0.05, 0) is 25.8 Å². The highest BCUT2D eigenvalue weighted by Crippen LogP contribution is 2.14. The molecule has 6 heteroatoms. The van der Waals surface area contributed by atoms with Crippen molar-refractivity contribution in [3.63, 3.8) is 0 Å². The first-order valence-corrected chi connectivity index (χ1v) is 5.93. The van der Waals surface area contributed by atoms with Gasteiger partial charge in [0.25, 0.3) is 11.5 Å². The molecule has 1 aliphatic rings. The molecule has 1 fully saturated rings. The number of aryl methyl sites for hydroxylation is 2. The van der Waals surface area contributed by atoms with Gasteiger partial charge >= 0.3 is 0 Å². The molecule has 1 aromatic rings. The number of carbonyl (C=O) groups excluding carboxylic acids is 1. The Hall–Kier alpha value is -1.69. The molecule has 0 saturated carbocycles. The quantitative estimate of drug-likeness (QED) is 0.737. The summed E-state index contributed by atoms with van der Waals surface area (Å²) in [4.78, 5) is 25.8. The molecular weight excluding hydrogens is 234 g/mol. The fraction of sp³-hybridized carbons (Fsp3) is 0.583. The van der Waals surface area contributed by atoms with Crippen molar-refractivity contribution < 1.29 is 9.90 Å². The van der Waals surface area contributed by atoms with E-state index in [-0.39, 0.29) is 17.0 Å². The van der Waals surface area contributed by atoms with Crippen LogP contribution in [0, 0.1) is 13.8 Å². The average molecular weight is 251 g/mol. The number of likely N-dealkylation sites (tertiary alicyclic amines) is 1. The molecule has 1 amide bonds. The lowest BCUT2D eigenvalue weighted by Crippen LogP contribution is -2.37. The first kappa shape index (κ1) is 12.8. The molecule has 0 bridgehead atoms. The highest BCUT2D eigenvalue weighted by molar-refractivity contribution is 5.95. The van der Waals surface area contributed by atoms with Crippen LogP contribution in [0.25, 0.3) is 0 Å². The molecule has 98 valence electrons. The van der Waals surface area contributed by atoms with Crippen LogP contribution < -0.4 is 5.56 Å². The molecule has 1 saturated heterocycles. The minimum atomic E-state index is -0.485. The number of hydrogen-bond acceptors (Lipinski definition) is 4. The highest BCUT2D eigenvalue weighted by atomic mass is 16.3. The number of rotatable bonds is 1. The zero-order valence-electron chi connectivity index (χ0n) is 10.8. The standard InChI is InChI=1S/C12H17N3O3/c1-7-8(2)13-14(3)11(17)10(7)12(18)15-5-4-9(16)6-15/h9,16H,4-6H2,1-3H3. The van der Waals surface area contributed by atoms with Gasteiger partial charge in [-0.2, -0.15) is 5.10 Å². The van der Waals surface area contributed by atoms with Gasteiger partial charge in [-0.1, -0.05) is 0 Å². The van der Waals surface area contributed by atoms with Crippen LogP contribution in [0.4, 0.5) is 0 Å². The first-order valence-electron chi connectivity index (χ1n) is 5.93. The number of aliphatic hydroxyl groups excluding tert-OH is 1. The second-order valence-electron chi connectivity index (χ2n) is 4.71. The number of nitrogens with zero attached hydrogens (tertiary/aromatic N) is 3. The minimum absolute atomic E-state index is 0.166. The average Bonchev–Trinajstić information content (AvgIpc) is 2.73. The van der Waals surface area contributed by atoms with Gasteiger partial charge in [0, 0.05) is 20.1 Å². The topological polar surface area (TPSA) is 75.4 Å². The van der Waals surface area contributed by atoms with Crippen LogP contribution in [0.1, 0.15) is 28.0 Å². The van der Waals surface area contributed by atoms with Crippen molar-refractivity contribution in [2.45, 2.75) is 26.4 Å². The van der Waals surface area contributed by atoms with Crippen LogP contribution in [0.5, 0.6) is 0 Å². The maximum Gasteiger partial charge on any atom is 0.279 e. The van der Waals surface area contributed by atoms with Gasteiger partial charge in [0.2, 0.25) is 0 Å². The van der Waals surface area contributed by atoms with Gasteiger partial charge in [0.15, 0.2) is 0 Å². The largest absolute Gasteiger partial charge is 0.391 e. The summed E-state index contributed by atoms with van der Waals surface area (Å²) < 4.78 is 1.18. The van der Waals surface area contributed by atoms with Gasteiger partial charge in [0.1, 0.15) is 5.56 Å². The Labute approximate surface area is 105 Å². The van der Waals surface area contributed by atoms with Crippen LogP contribution in [-0.4, -0.2) is 44.9 Å². The van der Waals surface area contributed by atoms with Crippen LogP contribution in [0.2, 0.25) is 0 Å². The summed E-state index contributed by atoms with van der Waals surface area (Å²) in [5.41, 5.74) is 1.06. The summed E-state index contributed by atoms with van der Waals surface area (Å²) in [5.74, 6) is -0.310. The normalized spacial score (nSPS) is 19.3. The Morgan fingerprint density at radius 2 is 2.11 bits per heavy atom. The van der Waals surface area contributed by atoms with Crippen LogP contribution in [-0.2, 0) is 7.05 Å². The molecule has 1 N–H and O–H groups in total. The summed E-state index contributed by atoms with van der Waals surface area (Å²) in [6.07, 6.45) is 0.0795. The van der Waals surface area contributed by atoms with E-state index in [1.54, 1.807) is 13.8 Å². The lowest BCUT2D eigenvalue weighted by Gasteiger charge is -2.17. The minimum Gasteiger partial charge on any atom is -0.391 e. The summed E-state index contributed by atoms with van der Waals surface area (Å²) in [6.45, 7) is 4.28. The van der Waals surface area contributed by atoms with Crippen molar-refractivity contribution in [2.24, 2.45) is 7.05 Å². The Morgan fingerprint density at radius 3 is 2.67 bits per heavy atom. The molecular formula is C12H17N3O3. The fourth-order valence-corrected chi connectivity index (χ4v) is 2.18. The number of β-amino-alcohol motifs (C(OH)–C–C–N with tert-alkyl or cyclic N) is 1. The summed E-state index contributed by atoms with van der Waals surface area (Å²) >= 11 is 0. The fourth-order valence-electron chi connectivity index (χ4n) is 2.18. The number of carbonyl (C=O) groups is 1. The predicted molar refractivity (Wildman–Crippen MR) is 65.5 cm³/mol. The lowest BCUT2D eigenvalue weighted by atomic mass is 10.1. The molecule has 2 rings (SSSR count). The molecule has 0 aliphatic carbocycles. The van der Waals surface area contributed by atoms with E-state index < -0.39 is 6.10 Å². The van der Waals surface area contributed by atoms with E-state index in [4.69, 9.17) is 0 Å². The third-order valence-electron chi connectivity index (χ3n) is 3.39. The molecule has 0 spiro atoms. The predicted octanol–water partition coefficient (Wildman–Crippen LogP) is -0.396. The zero-order valence-corrected chi connectivity index (χ0v) is 10.8. The second kappa shape index (κ2) is 4.53. The van der Waals surface area contributed by atoms with Crippen LogP contribution in [0.3, 0.4) is 0 Å². The molecule has 1 aliphatic heterocycles. The SMILES string of the molecule is Cc1nn(C)c(=O)c(C(=O)N2CCC(O)C2)c1C. The van der Waals surface area contributed by atoms with E-state index in [1.165, 1.54) is 16.6 Å². The maximum atomic E-state index is 12.3. The monoisotopic (exact) mass is 251 g/mol. The molecule has 0 radical (unpaired) electrons. The second-order valence-corrected chi connectivity index (χ2v) is 4.71. The third-order valence-corrected chi connectivity index (χ3v) is 3.39. The van der Waals surface area contributed by atoms with Crippen molar-refractivity contribution in [3.05, 3.63) is 27.2 Å². The van der Waals surface area contributed by atoms with Crippen LogP contribution >= 0.6 is 0 Å². The van der Waals surface area contributed by atoms with Gasteiger partial charge in [-0.3, -0.25) is 9.59 Å². The van der Waals surface area contributed by atoms with Crippen molar-refractivity contribution in [1.29, 1.82) is 0 Å².